The predicted molar refractivity (Wildman–Crippen MR) is 301 cm³/mol. The number of nitrogens with two attached hydrogens (primary N) is 1. The number of rotatable bonds is 17. The number of carbonyl (C=O) groups is 6. The number of hydrogen-bond acceptors (Lipinski definition) is 16. The first kappa shape index (κ1) is 63.5. The minimum Gasteiger partial charge on any atom is -0.466 e. The number of esters is 3. The number of carbonyl (C=O) groups excluding carboxylic acids is 6. The molecule has 9 heterocycles. The van der Waals surface area contributed by atoms with Crippen molar-refractivity contribution in [2.75, 3.05) is 31.7 Å². The molecule has 2 amide bonds. The van der Waals surface area contributed by atoms with Crippen molar-refractivity contribution in [1.82, 2.24) is 43.4 Å². The second-order valence-electron chi connectivity index (χ2n) is 16.8. The molecule has 0 spiro atoms. The highest BCUT2D eigenvalue weighted by Gasteiger charge is 2.31. The van der Waals surface area contributed by atoms with Gasteiger partial charge in [0, 0.05) is 74.2 Å². The third-order valence-electron chi connectivity index (χ3n) is 11.2. The van der Waals surface area contributed by atoms with E-state index in [-0.39, 0.29) is 54.8 Å². The summed E-state index contributed by atoms with van der Waals surface area (Å²) >= 11 is 3.09. The molecule has 0 radical (unpaired) electrons. The lowest BCUT2D eigenvalue weighted by molar-refractivity contribution is -0.146. The molecule has 8 aromatic rings. The predicted octanol–water partition coefficient (Wildman–Crippen LogP) is 7.96. The number of nitrogens with one attached hydrogen (secondary N) is 1. The van der Waals surface area contributed by atoms with Crippen LogP contribution in [0, 0.1) is 17.9 Å². The molecule has 418 valence electrons. The molecule has 0 aliphatic carbocycles. The molecule has 1 saturated heterocycles. The third-order valence-corrected chi connectivity index (χ3v) is 11.6. The van der Waals surface area contributed by atoms with Crippen LogP contribution in [0.2, 0.25) is 0 Å². The lowest BCUT2D eigenvalue weighted by atomic mass is 9.97. The van der Waals surface area contributed by atoms with E-state index in [1.54, 1.807) is 51.8 Å². The normalized spacial score (nSPS) is 12.5. The molecule has 9 rings (SSSR count). The number of nitrogens with zero attached hydrogens (tertiary/aromatic N) is 10. The number of alkyl halides is 1. The first-order valence-corrected chi connectivity index (χ1v) is 26.9. The highest BCUT2D eigenvalue weighted by atomic mass is 79.9. The van der Waals surface area contributed by atoms with Crippen molar-refractivity contribution < 1.29 is 43.0 Å². The summed E-state index contributed by atoms with van der Waals surface area (Å²) in [5.41, 5.74) is 9.95. The number of Topliss-reactive ketones (excluding diaryl/α,β-unsaturated/α-hetero) is 1. The van der Waals surface area contributed by atoms with Crippen LogP contribution in [0.15, 0.2) is 141 Å². The minimum absolute atomic E-state index is 0.107. The summed E-state index contributed by atoms with van der Waals surface area (Å²) in [5.74, 6) is -0.345. The summed E-state index contributed by atoms with van der Waals surface area (Å²) in [6, 6.07) is 30.5. The van der Waals surface area contributed by atoms with E-state index in [0.29, 0.717) is 82.4 Å². The Labute approximate surface area is 472 Å². The fraction of sp³-hybridized carbons (Fsp3) is 0.328. The number of piperidine rings is 1. The van der Waals surface area contributed by atoms with Crippen molar-refractivity contribution in [3.63, 3.8) is 0 Å². The van der Waals surface area contributed by atoms with Gasteiger partial charge >= 0.3 is 17.9 Å². The Hall–Kier alpha value is -8.99. The van der Waals surface area contributed by atoms with Gasteiger partial charge in [0.05, 0.1) is 72.6 Å². The van der Waals surface area contributed by atoms with E-state index in [1.807, 2.05) is 129 Å². The molecule has 1 fully saturated rings. The quantitative estimate of drug-likeness (QED) is 0.0218. The van der Waals surface area contributed by atoms with Gasteiger partial charge in [0.2, 0.25) is 18.4 Å². The van der Waals surface area contributed by atoms with Crippen LogP contribution in [0.4, 0.5) is 0 Å². The zero-order chi connectivity index (χ0) is 57.9. The number of pyridine rings is 5. The van der Waals surface area contributed by atoms with Gasteiger partial charge < -0.3 is 38.0 Å². The third kappa shape index (κ3) is 21.4. The molecule has 8 aromatic heterocycles. The number of nitriles is 1. The number of hydrogen-bond donors (Lipinski definition) is 2. The first-order valence-electron chi connectivity index (χ1n) is 25.8. The maximum absolute atomic E-state index is 12.0. The summed E-state index contributed by atoms with van der Waals surface area (Å²) in [6.45, 7) is 14.0. The Kier molecular flexibility index (Phi) is 28.7. The van der Waals surface area contributed by atoms with Gasteiger partial charge in [0.1, 0.15) is 42.0 Å². The molecule has 22 heteroatoms. The van der Waals surface area contributed by atoms with E-state index in [2.05, 4.69) is 55.7 Å². The highest BCUT2D eigenvalue weighted by molar-refractivity contribution is 9.09. The number of ketones is 1. The summed E-state index contributed by atoms with van der Waals surface area (Å²) in [4.78, 5) is 92.7. The van der Waals surface area contributed by atoms with Crippen LogP contribution >= 0.6 is 15.9 Å². The molecule has 0 saturated carbocycles. The zero-order valence-corrected chi connectivity index (χ0v) is 46.5. The van der Waals surface area contributed by atoms with Gasteiger partial charge in [-0.2, -0.15) is 5.26 Å². The fourth-order valence-corrected chi connectivity index (χ4v) is 7.66. The van der Waals surface area contributed by atoms with Gasteiger partial charge in [-0.25, -0.2) is 21.5 Å². The lowest BCUT2D eigenvalue weighted by Gasteiger charge is -2.19. The van der Waals surface area contributed by atoms with E-state index in [9.17, 15) is 28.8 Å². The van der Waals surface area contributed by atoms with Crippen LogP contribution in [0.5, 0.6) is 0 Å². The van der Waals surface area contributed by atoms with Gasteiger partial charge in [0.15, 0.2) is 0 Å². The number of halogens is 1. The van der Waals surface area contributed by atoms with Gasteiger partial charge in [-0.1, -0.05) is 46.3 Å². The van der Waals surface area contributed by atoms with Gasteiger partial charge in [-0.05, 0) is 94.3 Å². The van der Waals surface area contributed by atoms with Crippen molar-refractivity contribution >= 4 is 68.0 Å². The second kappa shape index (κ2) is 36.2. The first-order chi connectivity index (χ1) is 38.9. The average Bonchev–Trinajstić information content (AvgIpc) is 4.29. The van der Waals surface area contributed by atoms with E-state index >= 15 is 0 Å². The standard InChI is InChI=1S/C14H15N3O2.C12H11N3O2.C12H15NO3.C11H12N2O2.C6H8N2.C3H4BrN/c1-3-19-14(18)12(7-8-15-2)13-16-10-11-6-4-5-9-17(11)13;16-10-5-4-9(12(17)14-10)11-13-7-8-3-1-2-6-15(8)11;1-2-16-12(15)9-11(14)7-6-10-5-3-4-8-13-10;1-2-15-11(14)7-10-12-8-9-5-3-4-6-13(9)10;7-5-6-3-1-2-4-8-6;4-2-1-3-5/h4-6,9-10,12H,3,7-8H2,1H3;1-3,6-7,9H,4-5H2,(H,14,16,17);3-5,8H,2,6-7,9H2,1H3;3-6,8H,2,7H2,1H3;1-4H,5,7H2;1-2H2. The fourth-order valence-electron chi connectivity index (χ4n) is 7.48. The molecule has 1 aliphatic heterocycles. The van der Waals surface area contributed by atoms with Crippen LogP contribution in [0.1, 0.15) is 100.0 Å². The molecule has 2 unspecified atom stereocenters. The zero-order valence-electron chi connectivity index (χ0n) is 44.9. The Morgan fingerprint density at radius 1 is 0.762 bits per heavy atom. The van der Waals surface area contributed by atoms with Gasteiger partial charge in [0.25, 0.3) is 0 Å². The van der Waals surface area contributed by atoms with Crippen LogP contribution in [-0.2, 0) is 62.4 Å². The number of amides is 2. The minimum atomic E-state index is -0.487. The van der Waals surface area contributed by atoms with Crippen molar-refractivity contribution in [3.05, 3.63) is 181 Å². The summed E-state index contributed by atoms with van der Waals surface area (Å²) < 4.78 is 20.3. The lowest BCUT2D eigenvalue weighted by Crippen LogP contribution is -2.40. The summed E-state index contributed by atoms with van der Waals surface area (Å²) in [6.07, 6.45) is 17.2. The van der Waals surface area contributed by atoms with Crippen molar-refractivity contribution in [3.8, 4) is 6.07 Å². The van der Waals surface area contributed by atoms with Crippen LogP contribution in [-0.4, -0.2) is 105 Å². The summed E-state index contributed by atoms with van der Waals surface area (Å²) in [5, 5.41) is 10.9. The molecule has 0 bridgehead atoms. The monoisotopic (exact) mass is 1150 g/mol. The maximum atomic E-state index is 12.0. The molecule has 1 aliphatic rings. The molecular formula is C58H65BrN12O9. The number of fused-ring (bicyclic) bond motifs is 3. The van der Waals surface area contributed by atoms with E-state index < -0.39 is 11.9 Å². The molecule has 3 N–H and O–H groups in total. The molecule has 2 atom stereocenters. The van der Waals surface area contributed by atoms with Crippen LogP contribution in [0.3, 0.4) is 0 Å². The topological polar surface area (TPSA) is 274 Å². The van der Waals surface area contributed by atoms with Gasteiger partial charge in [-0.15, -0.1) is 0 Å². The molecular weight excluding hydrogens is 1090 g/mol. The highest BCUT2D eigenvalue weighted by Crippen LogP contribution is 2.25. The number of aryl methyl sites for hydroxylation is 1. The Bertz CT molecular complexity index is 3280. The van der Waals surface area contributed by atoms with Crippen molar-refractivity contribution in [2.24, 2.45) is 5.73 Å². The molecule has 80 heavy (non-hydrogen) atoms. The van der Waals surface area contributed by atoms with Crippen molar-refractivity contribution in [1.29, 1.82) is 5.26 Å². The van der Waals surface area contributed by atoms with Crippen molar-refractivity contribution in [2.45, 2.75) is 90.5 Å². The SMILES string of the molecule is CCOC(=O)CC(=O)CCc1ccccn1.CCOC(=O)Cc1ncc2ccccn12.N#CCCBr.NCc1ccccn1.O=C1CCC(c2ncc3ccccn23)C(=O)N1.[C-]#[N+]CCC(C(=O)OCC)c1ncc2ccccn12. The number of imide groups is 1. The number of imidazole rings is 3. The van der Waals surface area contributed by atoms with E-state index in [0.717, 1.165) is 33.3 Å². The van der Waals surface area contributed by atoms with E-state index in [4.69, 9.17) is 27.0 Å². The molecule has 21 nitrogen and oxygen atoms in total. The largest absolute Gasteiger partial charge is 0.466 e. The number of aromatic nitrogens is 8. The smallest absolute Gasteiger partial charge is 0.316 e. The van der Waals surface area contributed by atoms with E-state index in [1.165, 1.54) is 0 Å². The number of ether oxygens (including phenoxy) is 3. The Morgan fingerprint density at radius 2 is 1.34 bits per heavy atom. The Balaban J connectivity index is 0.000000214. The summed E-state index contributed by atoms with van der Waals surface area (Å²) in [7, 11) is 0. The maximum Gasteiger partial charge on any atom is 0.316 e. The molecule has 0 aromatic carbocycles. The van der Waals surface area contributed by atoms with Crippen LogP contribution < -0.4 is 11.1 Å². The Morgan fingerprint density at radius 3 is 1.90 bits per heavy atom. The van der Waals surface area contributed by atoms with Gasteiger partial charge in [-0.3, -0.25) is 44.1 Å². The van der Waals surface area contributed by atoms with Crippen LogP contribution in [0.25, 0.3) is 21.4 Å². The average molecular weight is 1150 g/mol. The second-order valence-corrected chi connectivity index (χ2v) is 17.6.